The summed E-state index contributed by atoms with van der Waals surface area (Å²) in [6.07, 6.45) is 3.34. The van der Waals surface area contributed by atoms with Gasteiger partial charge in [-0.25, -0.2) is 0 Å². The van der Waals surface area contributed by atoms with Crippen molar-refractivity contribution in [3.8, 4) is 11.3 Å². The molecule has 46 heavy (non-hydrogen) atoms. The minimum absolute atomic E-state index is 0.0283. The van der Waals surface area contributed by atoms with E-state index in [4.69, 9.17) is 9.15 Å². The Morgan fingerprint density at radius 2 is 1.76 bits per heavy atom. The van der Waals surface area contributed by atoms with Gasteiger partial charge in [-0.15, -0.1) is 0 Å². The van der Waals surface area contributed by atoms with Crippen molar-refractivity contribution < 1.29 is 23.3 Å². The summed E-state index contributed by atoms with van der Waals surface area (Å²) >= 11 is -1.31. The number of carbonyl (C=O) groups excluding carboxylic acids is 2. The number of amides is 2. The number of aryl methyl sites for hydroxylation is 1. The Hall–Kier alpha value is -3.83. The Bertz CT molecular complexity index is 1680. The summed E-state index contributed by atoms with van der Waals surface area (Å²) in [6.45, 7) is 5.81. The first-order chi connectivity index (χ1) is 22.3. The Kier molecular flexibility index (Phi) is 9.70. The summed E-state index contributed by atoms with van der Waals surface area (Å²) in [7, 11) is 3.42. The number of furan rings is 1. The zero-order valence-corrected chi connectivity index (χ0v) is 27.8. The van der Waals surface area contributed by atoms with E-state index in [1.165, 1.54) is 0 Å². The van der Waals surface area contributed by atoms with Crippen molar-refractivity contribution in [2.24, 2.45) is 0 Å². The lowest BCUT2D eigenvalue weighted by atomic mass is 9.87. The maximum Gasteiger partial charge on any atom is 0.255 e. The highest BCUT2D eigenvalue weighted by Crippen LogP contribution is 2.42. The van der Waals surface area contributed by atoms with Gasteiger partial charge in [0, 0.05) is 56.2 Å². The lowest BCUT2D eigenvalue weighted by molar-refractivity contribution is -0.140. The first kappa shape index (κ1) is 32.1. The lowest BCUT2D eigenvalue weighted by Gasteiger charge is -2.40. The van der Waals surface area contributed by atoms with Gasteiger partial charge in [0.1, 0.15) is 23.6 Å². The highest BCUT2D eigenvalue weighted by Gasteiger charge is 2.36. The van der Waals surface area contributed by atoms with Gasteiger partial charge in [-0.1, -0.05) is 60.2 Å². The van der Waals surface area contributed by atoms with Crippen LogP contribution in [0.2, 0.25) is 0 Å². The smallest absolute Gasteiger partial charge is 0.255 e. The Balaban J connectivity index is 1.41. The van der Waals surface area contributed by atoms with Crippen LogP contribution in [0.4, 0.5) is 5.69 Å². The predicted octanol–water partition coefficient (Wildman–Crippen LogP) is 5.28. The van der Waals surface area contributed by atoms with Crippen molar-refractivity contribution in [1.82, 2.24) is 15.1 Å². The summed E-state index contributed by atoms with van der Waals surface area (Å²) in [5, 5.41) is 3.49. The van der Waals surface area contributed by atoms with Gasteiger partial charge in [0.15, 0.2) is 0 Å². The van der Waals surface area contributed by atoms with E-state index in [1.807, 2.05) is 78.6 Å². The number of nitrogens with one attached hydrogen (secondary N) is 1. The monoisotopic (exact) mass is 642 g/mol. The van der Waals surface area contributed by atoms with Gasteiger partial charge < -0.3 is 23.9 Å². The molecular weight excluding hydrogens is 600 g/mol. The molecular formula is C36H42N4O5S. The first-order valence-corrected chi connectivity index (χ1v) is 17.4. The molecule has 2 fully saturated rings. The van der Waals surface area contributed by atoms with E-state index < -0.39 is 11.4 Å². The molecule has 6 rings (SSSR count). The molecule has 0 saturated carbocycles. The second-order valence-electron chi connectivity index (χ2n) is 12.2. The number of anilines is 1. The molecule has 1 aromatic heterocycles. The van der Waals surface area contributed by atoms with E-state index in [0.717, 1.165) is 40.8 Å². The second kappa shape index (κ2) is 13.9. The van der Waals surface area contributed by atoms with Crippen LogP contribution in [0.15, 0.2) is 71.1 Å². The van der Waals surface area contributed by atoms with Crippen LogP contribution >= 0.6 is 0 Å². The molecule has 1 N–H and O–H groups in total. The number of hydrogen-bond acceptors (Lipinski definition) is 7. The number of morpholine rings is 1. The van der Waals surface area contributed by atoms with Crippen LogP contribution in [-0.2, 0) is 20.9 Å². The molecule has 2 aliphatic heterocycles. The van der Waals surface area contributed by atoms with Crippen LogP contribution in [0.25, 0.3) is 22.3 Å². The fraction of sp³-hybridized carbons (Fsp3) is 0.389. The van der Waals surface area contributed by atoms with Gasteiger partial charge in [-0.05, 0) is 37.0 Å². The van der Waals surface area contributed by atoms with Crippen LogP contribution < -0.4 is 9.62 Å². The molecule has 2 unspecified atom stereocenters. The zero-order valence-electron chi connectivity index (χ0n) is 27.0. The number of fused-ring (bicyclic) bond motifs is 1. The number of piperidine rings is 1. The fourth-order valence-electron chi connectivity index (χ4n) is 6.73. The maximum atomic E-state index is 14.4. The Morgan fingerprint density at radius 1 is 1.04 bits per heavy atom. The van der Waals surface area contributed by atoms with Crippen LogP contribution in [0.3, 0.4) is 0 Å². The highest BCUT2D eigenvalue weighted by atomic mass is 32.2. The fourth-order valence-corrected chi connectivity index (χ4v) is 7.17. The van der Waals surface area contributed by atoms with Gasteiger partial charge in [0.2, 0.25) is 5.91 Å². The maximum absolute atomic E-state index is 14.4. The normalized spacial score (nSPS) is 18.7. The minimum Gasteiger partial charge on any atom is -0.593 e. The van der Waals surface area contributed by atoms with Gasteiger partial charge >= 0.3 is 0 Å². The van der Waals surface area contributed by atoms with Crippen LogP contribution in [0.1, 0.15) is 51.8 Å². The molecule has 3 atom stereocenters. The molecule has 4 aromatic rings. The molecule has 2 saturated heterocycles. The molecule has 10 heteroatoms. The number of hydrogen-bond donors (Lipinski definition) is 1. The molecule has 0 radical (unpaired) electrons. The van der Waals surface area contributed by atoms with Crippen molar-refractivity contribution in [1.29, 1.82) is 0 Å². The van der Waals surface area contributed by atoms with Crippen molar-refractivity contribution >= 4 is 39.8 Å². The standard InChI is InChI=1S/C36H42N4O5S/c1-24-12-14-26(15-13-24)34-32(35(41)37-2)29-21-28(30(22-31(29)45-34)38(3)46(4)43)27-11-8-16-40(23-27)36(42)33(25-9-6-5-7-10-25)39-17-19-44-20-18-39/h5-7,9-10,12-15,21-22,27,33H,8,11,16-20,23H2,1-4H3,(H,37,41)/t27-,33?,46?/m0/s1. The Morgan fingerprint density at radius 3 is 2.43 bits per heavy atom. The number of carbonyl (C=O) groups is 2. The summed E-state index contributed by atoms with van der Waals surface area (Å²) in [5.74, 6) is 0.315. The second-order valence-corrected chi connectivity index (χ2v) is 13.6. The summed E-state index contributed by atoms with van der Waals surface area (Å²) < 4.78 is 26.6. The van der Waals surface area contributed by atoms with Gasteiger partial charge in [-0.2, -0.15) is 4.31 Å². The molecule has 0 aliphatic carbocycles. The zero-order chi connectivity index (χ0) is 32.4. The van der Waals surface area contributed by atoms with E-state index in [9.17, 15) is 14.1 Å². The third-order valence-corrected chi connectivity index (χ3v) is 10.2. The quantitative estimate of drug-likeness (QED) is 0.261. The van der Waals surface area contributed by atoms with Crippen molar-refractivity contribution in [2.75, 3.05) is 64.0 Å². The predicted molar refractivity (Wildman–Crippen MR) is 182 cm³/mol. The minimum atomic E-state index is -1.31. The summed E-state index contributed by atoms with van der Waals surface area (Å²) in [6, 6.07) is 21.4. The van der Waals surface area contributed by atoms with Crippen molar-refractivity contribution in [3.63, 3.8) is 0 Å². The van der Waals surface area contributed by atoms with Gasteiger partial charge in [0.25, 0.3) is 5.91 Å². The first-order valence-electron chi connectivity index (χ1n) is 15.9. The molecule has 2 aliphatic rings. The average molecular weight is 643 g/mol. The molecule has 0 spiro atoms. The average Bonchev–Trinajstić information content (AvgIpc) is 3.47. The van der Waals surface area contributed by atoms with Gasteiger partial charge in [-0.3, -0.25) is 14.5 Å². The largest absolute Gasteiger partial charge is 0.593 e. The topological polar surface area (TPSA) is 101 Å². The number of nitrogens with zero attached hydrogens (tertiary/aromatic N) is 3. The van der Waals surface area contributed by atoms with Crippen molar-refractivity contribution in [3.05, 3.63) is 89.0 Å². The van der Waals surface area contributed by atoms with Crippen LogP contribution in [0.5, 0.6) is 0 Å². The molecule has 0 bridgehead atoms. The van der Waals surface area contributed by atoms with E-state index >= 15 is 0 Å². The molecule has 9 nitrogen and oxygen atoms in total. The lowest BCUT2D eigenvalue weighted by Crippen LogP contribution is -2.49. The van der Waals surface area contributed by atoms with Crippen LogP contribution in [-0.4, -0.2) is 85.9 Å². The van der Waals surface area contributed by atoms with Gasteiger partial charge in [0.05, 0.1) is 42.9 Å². The van der Waals surface area contributed by atoms with E-state index in [1.54, 1.807) is 24.7 Å². The summed E-state index contributed by atoms with van der Waals surface area (Å²) in [5.41, 5.74) is 5.63. The molecule has 3 heterocycles. The molecule has 3 aromatic carbocycles. The number of ether oxygens (including phenoxy) is 1. The third-order valence-electron chi connectivity index (χ3n) is 9.26. The Labute approximate surface area is 273 Å². The van der Waals surface area contributed by atoms with E-state index in [0.29, 0.717) is 61.7 Å². The van der Waals surface area contributed by atoms with Crippen molar-refractivity contribution in [2.45, 2.75) is 31.7 Å². The number of benzene rings is 3. The highest BCUT2D eigenvalue weighted by molar-refractivity contribution is 7.92. The van der Waals surface area contributed by atoms with E-state index in [2.05, 4.69) is 10.2 Å². The van der Waals surface area contributed by atoms with E-state index in [-0.39, 0.29) is 23.8 Å². The number of likely N-dealkylation sites (tertiary alicyclic amines) is 1. The molecule has 242 valence electrons. The SMILES string of the molecule is CNC(=O)c1c(-c2ccc(C)cc2)oc2cc(N(C)[S+](C)[O-])c([C@H]3CCCN(C(=O)C(c4ccccc4)N4CCOCC4)C3)cc12. The third kappa shape index (κ3) is 6.40. The summed E-state index contributed by atoms with van der Waals surface area (Å²) in [4.78, 5) is 32.0. The van der Waals surface area contributed by atoms with Crippen LogP contribution in [0, 0.1) is 6.92 Å². The molecule has 2 amide bonds. The number of rotatable bonds is 8.